The van der Waals surface area contributed by atoms with E-state index in [1.807, 2.05) is 6.07 Å². The first-order valence-electron chi connectivity index (χ1n) is 6.35. The summed E-state index contributed by atoms with van der Waals surface area (Å²) in [6.45, 7) is 3.07. The molecule has 1 aromatic rings. The van der Waals surface area contributed by atoms with Gasteiger partial charge in [0.2, 0.25) is 10.0 Å². The summed E-state index contributed by atoms with van der Waals surface area (Å²) in [5, 5.41) is 8.72. The van der Waals surface area contributed by atoms with Crippen LogP contribution >= 0.6 is 0 Å². The third-order valence-corrected chi connectivity index (χ3v) is 4.84. The number of carbonyl (C=O) groups excluding carboxylic acids is 1. The number of carbonyl (C=O) groups is 1. The van der Waals surface area contributed by atoms with Crippen molar-refractivity contribution < 1.29 is 17.9 Å². The fourth-order valence-corrected chi connectivity index (χ4v) is 3.49. The highest BCUT2D eigenvalue weighted by Crippen LogP contribution is 2.14. The van der Waals surface area contributed by atoms with Gasteiger partial charge >= 0.3 is 5.97 Å². The van der Waals surface area contributed by atoms with Crippen molar-refractivity contribution in [3.05, 3.63) is 35.4 Å². The van der Waals surface area contributed by atoms with Crippen molar-refractivity contribution in [3.8, 4) is 6.07 Å². The number of benzene rings is 1. The number of rotatable bonds is 6. The van der Waals surface area contributed by atoms with Crippen molar-refractivity contribution in [2.24, 2.45) is 0 Å². The molecule has 0 N–H and O–H groups in total. The van der Waals surface area contributed by atoms with Crippen molar-refractivity contribution in [2.75, 3.05) is 13.7 Å². The number of nitriles is 1. The molecule has 0 bridgehead atoms. The molecule has 0 aliphatic carbocycles. The van der Waals surface area contributed by atoms with Gasteiger partial charge in [-0.15, -0.1) is 0 Å². The summed E-state index contributed by atoms with van der Waals surface area (Å²) in [6.07, 6.45) is 0. The van der Waals surface area contributed by atoms with Crippen LogP contribution in [0, 0.1) is 11.3 Å². The predicted octanol–water partition coefficient (Wildman–Crippen LogP) is 1.27. The Bertz CT molecular complexity index is 630. The lowest BCUT2D eigenvalue weighted by atomic mass is 10.2. The van der Waals surface area contributed by atoms with Crippen LogP contribution in [0.15, 0.2) is 24.3 Å². The monoisotopic (exact) mass is 310 g/mol. The Balaban J connectivity index is 2.95. The highest BCUT2D eigenvalue weighted by molar-refractivity contribution is 7.88. The Kier molecular flexibility index (Phi) is 5.88. The molecule has 0 saturated carbocycles. The van der Waals surface area contributed by atoms with E-state index in [1.54, 1.807) is 38.1 Å². The Hall–Kier alpha value is -1.91. The van der Waals surface area contributed by atoms with E-state index in [1.165, 1.54) is 7.11 Å². The Morgan fingerprint density at radius 2 is 1.90 bits per heavy atom. The van der Waals surface area contributed by atoms with Crippen LogP contribution in [0.5, 0.6) is 0 Å². The molecule has 21 heavy (non-hydrogen) atoms. The van der Waals surface area contributed by atoms with Gasteiger partial charge < -0.3 is 4.74 Å². The van der Waals surface area contributed by atoms with Crippen LogP contribution in [0.25, 0.3) is 0 Å². The van der Waals surface area contributed by atoms with Crippen LogP contribution in [0.4, 0.5) is 0 Å². The summed E-state index contributed by atoms with van der Waals surface area (Å²) in [7, 11) is -2.43. The summed E-state index contributed by atoms with van der Waals surface area (Å²) in [5.41, 5.74) is 1.02. The largest absolute Gasteiger partial charge is 0.468 e. The lowest BCUT2D eigenvalue weighted by Gasteiger charge is -2.24. The van der Waals surface area contributed by atoms with Gasteiger partial charge in [0.25, 0.3) is 0 Å². The smallest absolute Gasteiger partial charge is 0.321 e. The maximum atomic E-state index is 12.4. The van der Waals surface area contributed by atoms with Gasteiger partial charge in [0, 0.05) is 6.04 Å². The highest BCUT2D eigenvalue weighted by Gasteiger charge is 2.27. The van der Waals surface area contributed by atoms with Gasteiger partial charge in [-0.1, -0.05) is 12.1 Å². The molecule has 1 rings (SSSR count). The average Bonchev–Trinajstić information content (AvgIpc) is 2.44. The molecule has 7 heteroatoms. The number of hydrogen-bond acceptors (Lipinski definition) is 5. The zero-order valence-corrected chi connectivity index (χ0v) is 13.1. The molecular formula is C14H18N2O4S. The second kappa shape index (κ2) is 7.20. The predicted molar refractivity (Wildman–Crippen MR) is 77.6 cm³/mol. The Labute approximate surface area is 125 Å². The Morgan fingerprint density at radius 3 is 2.33 bits per heavy atom. The van der Waals surface area contributed by atoms with Crippen LogP contribution in [0.3, 0.4) is 0 Å². The Morgan fingerprint density at radius 1 is 1.33 bits per heavy atom. The van der Waals surface area contributed by atoms with E-state index in [4.69, 9.17) is 5.26 Å². The first-order valence-corrected chi connectivity index (χ1v) is 7.96. The minimum atomic E-state index is -3.65. The van der Waals surface area contributed by atoms with E-state index < -0.39 is 16.0 Å². The number of hydrogen-bond donors (Lipinski definition) is 0. The maximum absolute atomic E-state index is 12.4. The van der Waals surface area contributed by atoms with Crippen molar-refractivity contribution in [2.45, 2.75) is 25.6 Å². The fraction of sp³-hybridized carbons (Fsp3) is 0.429. The third-order valence-electron chi connectivity index (χ3n) is 2.88. The van der Waals surface area contributed by atoms with Crippen LogP contribution in [0.2, 0.25) is 0 Å². The summed E-state index contributed by atoms with van der Waals surface area (Å²) in [6, 6.07) is 7.92. The topological polar surface area (TPSA) is 87.5 Å². The molecule has 6 nitrogen and oxygen atoms in total. The lowest BCUT2D eigenvalue weighted by Crippen LogP contribution is -2.41. The molecule has 0 spiro atoms. The molecule has 0 aliphatic heterocycles. The van der Waals surface area contributed by atoms with Gasteiger partial charge in [-0.2, -0.15) is 9.57 Å². The third kappa shape index (κ3) is 4.85. The second-order valence-corrected chi connectivity index (χ2v) is 6.70. The minimum absolute atomic E-state index is 0.228. The molecular weight excluding hydrogens is 292 g/mol. The van der Waals surface area contributed by atoms with E-state index in [2.05, 4.69) is 4.74 Å². The minimum Gasteiger partial charge on any atom is -0.468 e. The molecule has 0 radical (unpaired) electrons. The highest BCUT2D eigenvalue weighted by atomic mass is 32.2. The van der Waals surface area contributed by atoms with E-state index >= 15 is 0 Å². The van der Waals surface area contributed by atoms with Gasteiger partial charge in [-0.05, 0) is 31.5 Å². The molecule has 114 valence electrons. The van der Waals surface area contributed by atoms with E-state index in [9.17, 15) is 13.2 Å². The number of esters is 1. The molecule has 1 aromatic carbocycles. The zero-order chi connectivity index (χ0) is 16.0. The van der Waals surface area contributed by atoms with Gasteiger partial charge in [0.05, 0.1) is 24.5 Å². The first-order chi connectivity index (χ1) is 9.80. The van der Waals surface area contributed by atoms with Gasteiger partial charge in [-0.3, -0.25) is 4.79 Å². The van der Waals surface area contributed by atoms with Crippen molar-refractivity contribution in [1.82, 2.24) is 4.31 Å². The first kappa shape index (κ1) is 17.1. The maximum Gasteiger partial charge on any atom is 0.321 e. The van der Waals surface area contributed by atoms with Crippen LogP contribution < -0.4 is 0 Å². The zero-order valence-electron chi connectivity index (χ0n) is 12.2. The number of nitrogens with zero attached hydrogens (tertiary/aromatic N) is 2. The fourth-order valence-electron chi connectivity index (χ4n) is 1.76. The molecule has 0 unspecified atom stereocenters. The molecule has 0 atom stereocenters. The van der Waals surface area contributed by atoms with Crippen molar-refractivity contribution in [3.63, 3.8) is 0 Å². The van der Waals surface area contributed by atoms with Gasteiger partial charge in [-0.25, -0.2) is 8.42 Å². The molecule has 0 fully saturated rings. The van der Waals surface area contributed by atoms with E-state index in [0.29, 0.717) is 11.1 Å². The van der Waals surface area contributed by atoms with E-state index in [-0.39, 0.29) is 18.3 Å². The van der Waals surface area contributed by atoms with Crippen molar-refractivity contribution in [1.29, 1.82) is 5.26 Å². The number of ether oxygens (including phenoxy) is 1. The summed E-state index contributed by atoms with van der Waals surface area (Å²) in [5.74, 6) is -0.833. The molecule has 0 heterocycles. The lowest BCUT2D eigenvalue weighted by molar-refractivity contribution is -0.141. The summed E-state index contributed by atoms with van der Waals surface area (Å²) < 4.78 is 30.4. The molecule has 0 aliphatic rings. The number of methoxy groups -OCH3 is 1. The quantitative estimate of drug-likeness (QED) is 0.738. The normalized spacial score (nSPS) is 11.4. The van der Waals surface area contributed by atoms with Gasteiger partial charge in [0.15, 0.2) is 0 Å². The van der Waals surface area contributed by atoms with Gasteiger partial charge in [0.1, 0.15) is 6.54 Å². The van der Waals surface area contributed by atoms with Crippen LogP contribution in [-0.2, 0) is 25.3 Å². The SMILES string of the molecule is COC(=O)CN(C(C)C)S(=O)(=O)Cc1ccc(C#N)cc1. The summed E-state index contributed by atoms with van der Waals surface area (Å²) >= 11 is 0. The second-order valence-electron chi connectivity index (χ2n) is 4.78. The summed E-state index contributed by atoms with van der Waals surface area (Å²) in [4.78, 5) is 11.3. The standard InChI is InChI=1S/C14H18N2O4S/c1-11(2)16(9-14(17)20-3)21(18,19)10-13-6-4-12(8-15)5-7-13/h4-7,11H,9-10H2,1-3H3. The van der Waals surface area contributed by atoms with Crippen LogP contribution in [0.1, 0.15) is 25.0 Å². The van der Waals surface area contributed by atoms with E-state index in [0.717, 1.165) is 4.31 Å². The molecule has 0 aromatic heterocycles. The number of sulfonamides is 1. The van der Waals surface area contributed by atoms with Crippen LogP contribution in [-0.4, -0.2) is 38.4 Å². The van der Waals surface area contributed by atoms with Crippen molar-refractivity contribution >= 4 is 16.0 Å². The molecule has 0 saturated heterocycles. The average molecular weight is 310 g/mol. The molecule has 0 amide bonds.